The third-order valence-electron chi connectivity index (χ3n) is 1.96. The summed E-state index contributed by atoms with van der Waals surface area (Å²) >= 11 is 0. The molecule has 0 aliphatic carbocycles. The highest BCUT2D eigenvalue weighted by atomic mass is 16.3. The van der Waals surface area contributed by atoms with E-state index in [1.807, 2.05) is 6.92 Å². The number of phenols is 1. The number of pyridine rings is 1. The molecule has 0 bridgehead atoms. The lowest BCUT2D eigenvalue weighted by Gasteiger charge is -1.97. The van der Waals surface area contributed by atoms with Crippen LogP contribution in [0, 0.1) is 6.92 Å². The van der Waals surface area contributed by atoms with Crippen molar-refractivity contribution in [1.29, 1.82) is 0 Å². The van der Waals surface area contributed by atoms with Crippen LogP contribution in [0.15, 0.2) is 24.3 Å². The molecule has 0 atom stereocenters. The molecule has 1 aromatic heterocycles. The highest BCUT2D eigenvalue weighted by Gasteiger charge is 2.08. The van der Waals surface area contributed by atoms with Gasteiger partial charge in [0.1, 0.15) is 11.5 Å². The summed E-state index contributed by atoms with van der Waals surface area (Å²) in [5, 5.41) is 19.4. The molecule has 2 rings (SSSR count). The van der Waals surface area contributed by atoms with Crippen molar-refractivity contribution in [2.24, 2.45) is 0 Å². The van der Waals surface area contributed by atoms with Gasteiger partial charge in [0.2, 0.25) is 5.52 Å². The summed E-state index contributed by atoms with van der Waals surface area (Å²) in [6, 6.07) is 6.47. The van der Waals surface area contributed by atoms with Crippen LogP contribution in [0.2, 0.25) is 0 Å². The Hall–Kier alpha value is -1.77. The molecule has 0 amide bonds. The number of aryl methyl sites for hydroxylation is 1. The van der Waals surface area contributed by atoms with E-state index in [-0.39, 0.29) is 11.5 Å². The number of aromatic nitrogens is 1. The van der Waals surface area contributed by atoms with E-state index in [2.05, 4.69) is 4.98 Å². The molecule has 2 aromatic rings. The maximum atomic E-state index is 9.55. The van der Waals surface area contributed by atoms with E-state index in [0.29, 0.717) is 5.39 Å². The smallest absolute Gasteiger partial charge is 0.215 e. The summed E-state index contributed by atoms with van der Waals surface area (Å²) in [5.41, 5.74) is 1.70. The first-order chi connectivity index (χ1) is 6.16. The number of fused-ring (bicyclic) bond motifs is 1. The molecular weight excluding hydrogens is 166 g/mol. The average molecular weight is 176 g/mol. The Morgan fingerprint density at radius 3 is 2.69 bits per heavy atom. The number of phenolic OH excluding ortho intramolecular Hbond substituents is 1. The van der Waals surface area contributed by atoms with E-state index < -0.39 is 0 Å². The summed E-state index contributed by atoms with van der Waals surface area (Å²) in [6.07, 6.45) is 0. The van der Waals surface area contributed by atoms with Gasteiger partial charge >= 0.3 is 0 Å². The molecular formula is C10H10NO2+. The molecule has 1 aromatic carbocycles. The number of aromatic hydroxyl groups is 2. The normalized spacial score (nSPS) is 10.5. The largest absolute Gasteiger partial charge is 0.508 e. The Morgan fingerprint density at radius 2 is 1.92 bits per heavy atom. The Labute approximate surface area is 75.3 Å². The summed E-state index contributed by atoms with van der Waals surface area (Å²) in [4.78, 5) is 3.09. The third kappa shape index (κ3) is 1.28. The van der Waals surface area contributed by atoms with Gasteiger partial charge in [-0.25, -0.2) is 4.98 Å². The summed E-state index contributed by atoms with van der Waals surface area (Å²) in [5.74, 6) is 0.335. The predicted octanol–water partition coefficient (Wildman–Crippen LogP) is 1.37. The van der Waals surface area contributed by atoms with Crippen molar-refractivity contribution in [3.8, 4) is 11.5 Å². The van der Waals surface area contributed by atoms with E-state index in [4.69, 9.17) is 0 Å². The quantitative estimate of drug-likeness (QED) is 0.637. The lowest BCUT2D eigenvalue weighted by molar-refractivity contribution is -0.354. The van der Waals surface area contributed by atoms with Crippen molar-refractivity contribution in [3.63, 3.8) is 0 Å². The van der Waals surface area contributed by atoms with E-state index in [9.17, 15) is 10.2 Å². The topological polar surface area (TPSA) is 54.6 Å². The zero-order valence-corrected chi connectivity index (χ0v) is 7.20. The Balaban J connectivity index is 2.87. The first-order valence-electron chi connectivity index (χ1n) is 4.01. The lowest BCUT2D eigenvalue weighted by atomic mass is 10.2. The van der Waals surface area contributed by atoms with Gasteiger partial charge in [-0.15, -0.1) is 0 Å². The van der Waals surface area contributed by atoms with Gasteiger partial charge in [0.15, 0.2) is 5.69 Å². The SMILES string of the molecule is Cc1cc(O)c2cc(O)ccc2[nH+]1. The maximum absolute atomic E-state index is 9.55. The van der Waals surface area contributed by atoms with Gasteiger partial charge in [-0.3, -0.25) is 0 Å². The zero-order valence-electron chi connectivity index (χ0n) is 7.20. The van der Waals surface area contributed by atoms with Crippen molar-refractivity contribution < 1.29 is 15.2 Å². The molecule has 13 heavy (non-hydrogen) atoms. The van der Waals surface area contributed by atoms with Gasteiger partial charge in [0.25, 0.3) is 0 Å². The maximum Gasteiger partial charge on any atom is 0.215 e. The third-order valence-corrected chi connectivity index (χ3v) is 1.96. The van der Waals surface area contributed by atoms with Crippen LogP contribution >= 0.6 is 0 Å². The van der Waals surface area contributed by atoms with Crippen LogP contribution in [-0.4, -0.2) is 10.2 Å². The van der Waals surface area contributed by atoms with Crippen LogP contribution in [0.25, 0.3) is 10.9 Å². The summed E-state index contributed by atoms with van der Waals surface area (Å²) in [7, 11) is 0. The summed E-state index contributed by atoms with van der Waals surface area (Å²) < 4.78 is 0. The van der Waals surface area contributed by atoms with Gasteiger partial charge < -0.3 is 10.2 Å². The molecule has 3 N–H and O–H groups in total. The highest BCUT2D eigenvalue weighted by Crippen LogP contribution is 2.25. The van der Waals surface area contributed by atoms with Gasteiger partial charge in [0.05, 0.1) is 5.39 Å². The van der Waals surface area contributed by atoms with Gasteiger partial charge in [-0.2, -0.15) is 0 Å². The first kappa shape index (κ1) is 7.86. The molecule has 0 aliphatic heterocycles. The highest BCUT2D eigenvalue weighted by molar-refractivity contribution is 5.83. The number of hydrogen-bond donors (Lipinski definition) is 2. The standard InChI is InChI=1S/C10H9NO2/c1-6-4-10(13)8-5-7(12)2-3-9(8)11-6/h2-5,12H,1H3,(H,11,13)/p+1. The molecule has 0 fully saturated rings. The molecule has 0 saturated carbocycles. The van der Waals surface area contributed by atoms with Crippen molar-refractivity contribution >= 4 is 10.9 Å². The predicted molar refractivity (Wildman–Crippen MR) is 48.6 cm³/mol. The van der Waals surface area contributed by atoms with Gasteiger partial charge in [-0.05, 0) is 12.1 Å². The van der Waals surface area contributed by atoms with Crippen molar-refractivity contribution in [2.45, 2.75) is 6.92 Å². The van der Waals surface area contributed by atoms with Gasteiger partial charge in [-0.1, -0.05) is 0 Å². The fourth-order valence-corrected chi connectivity index (χ4v) is 1.38. The molecule has 3 heteroatoms. The van der Waals surface area contributed by atoms with E-state index >= 15 is 0 Å². The minimum absolute atomic E-state index is 0.153. The van der Waals surface area contributed by atoms with E-state index in [1.54, 1.807) is 18.2 Å². The van der Waals surface area contributed by atoms with E-state index in [0.717, 1.165) is 11.2 Å². The van der Waals surface area contributed by atoms with Crippen LogP contribution in [-0.2, 0) is 0 Å². The number of nitrogens with one attached hydrogen (secondary N) is 1. The lowest BCUT2D eigenvalue weighted by Crippen LogP contribution is -2.07. The first-order valence-corrected chi connectivity index (χ1v) is 4.01. The Morgan fingerprint density at radius 1 is 1.15 bits per heavy atom. The average Bonchev–Trinajstić information content (AvgIpc) is 2.06. The van der Waals surface area contributed by atoms with Crippen molar-refractivity contribution in [2.75, 3.05) is 0 Å². The number of benzene rings is 1. The Kier molecular flexibility index (Phi) is 1.59. The molecule has 0 saturated heterocycles. The molecule has 0 radical (unpaired) electrons. The van der Waals surface area contributed by atoms with Gasteiger partial charge in [0, 0.05) is 19.1 Å². The molecule has 0 unspecified atom stereocenters. The zero-order chi connectivity index (χ0) is 9.42. The van der Waals surface area contributed by atoms with Crippen LogP contribution in [0.3, 0.4) is 0 Å². The minimum Gasteiger partial charge on any atom is -0.508 e. The van der Waals surface area contributed by atoms with Crippen molar-refractivity contribution in [3.05, 3.63) is 30.0 Å². The second-order valence-electron chi connectivity index (χ2n) is 3.07. The monoisotopic (exact) mass is 176 g/mol. The minimum atomic E-state index is 0.153. The van der Waals surface area contributed by atoms with Crippen LogP contribution in [0.1, 0.15) is 5.69 Å². The van der Waals surface area contributed by atoms with Crippen molar-refractivity contribution in [1.82, 2.24) is 0 Å². The molecule has 0 spiro atoms. The second kappa shape index (κ2) is 2.62. The molecule has 1 heterocycles. The number of aromatic amines is 1. The fraction of sp³-hybridized carbons (Fsp3) is 0.100. The van der Waals surface area contributed by atoms with Crippen LogP contribution in [0.5, 0.6) is 11.5 Å². The molecule has 66 valence electrons. The van der Waals surface area contributed by atoms with Crippen LogP contribution < -0.4 is 4.98 Å². The van der Waals surface area contributed by atoms with E-state index in [1.165, 1.54) is 6.07 Å². The number of rotatable bonds is 0. The number of hydrogen-bond acceptors (Lipinski definition) is 2. The molecule has 0 aliphatic rings. The second-order valence-corrected chi connectivity index (χ2v) is 3.07. The summed E-state index contributed by atoms with van der Waals surface area (Å²) in [6.45, 7) is 1.87. The number of H-pyrrole nitrogens is 1. The molecule has 3 nitrogen and oxygen atoms in total. The van der Waals surface area contributed by atoms with Crippen LogP contribution in [0.4, 0.5) is 0 Å². The Bertz CT molecular complexity index is 466. The fourth-order valence-electron chi connectivity index (χ4n) is 1.38.